The molecule has 0 atom stereocenters. The zero-order valence-corrected chi connectivity index (χ0v) is 18.1. The molecule has 5 rings (SSSR count). The number of rotatable bonds is 5. The topological polar surface area (TPSA) is 88.3 Å². The fraction of sp³-hybridized carbons (Fsp3) is 0.200. The molecule has 152 valence electrons. The highest BCUT2D eigenvalue weighted by Crippen LogP contribution is 2.31. The van der Waals surface area contributed by atoms with Gasteiger partial charge in [-0.05, 0) is 18.2 Å². The summed E-state index contributed by atoms with van der Waals surface area (Å²) in [6.45, 7) is 1.15. The third-order valence-electron chi connectivity index (χ3n) is 4.68. The summed E-state index contributed by atoms with van der Waals surface area (Å²) in [7, 11) is 0. The van der Waals surface area contributed by atoms with Crippen molar-refractivity contribution in [1.82, 2.24) is 14.9 Å². The molecule has 1 aromatic carbocycles. The number of carbonyl (C=O) groups excluding carboxylic acids is 2. The van der Waals surface area contributed by atoms with Crippen LogP contribution in [-0.4, -0.2) is 39.0 Å². The number of hydrogen-bond acceptors (Lipinski definition) is 8. The lowest BCUT2D eigenvalue weighted by Crippen LogP contribution is -2.36. The highest BCUT2D eigenvalue weighted by molar-refractivity contribution is 8.01. The van der Waals surface area contributed by atoms with Crippen molar-refractivity contribution in [2.75, 3.05) is 17.6 Å². The van der Waals surface area contributed by atoms with Crippen molar-refractivity contribution in [3.63, 3.8) is 0 Å². The maximum atomic E-state index is 12.7. The van der Waals surface area contributed by atoms with Crippen LogP contribution in [0.2, 0.25) is 0 Å². The Hall–Kier alpha value is -2.69. The zero-order chi connectivity index (χ0) is 20.5. The largest absolute Gasteiger partial charge is 0.472 e. The Kier molecular flexibility index (Phi) is 5.28. The predicted molar refractivity (Wildman–Crippen MR) is 118 cm³/mol. The van der Waals surface area contributed by atoms with Gasteiger partial charge in [-0.1, -0.05) is 35.2 Å². The van der Waals surface area contributed by atoms with Gasteiger partial charge in [0.15, 0.2) is 9.47 Å². The van der Waals surface area contributed by atoms with Gasteiger partial charge in [-0.25, -0.2) is 9.97 Å². The Labute approximate surface area is 184 Å². The fourth-order valence-electron chi connectivity index (χ4n) is 3.15. The molecule has 0 aliphatic carbocycles. The normalized spacial score (nSPS) is 13.4. The van der Waals surface area contributed by atoms with E-state index >= 15 is 0 Å². The lowest BCUT2D eigenvalue weighted by atomic mass is 10.2. The summed E-state index contributed by atoms with van der Waals surface area (Å²) in [5, 5.41) is 3.34. The van der Waals surface area contributed by atoms with Crippen LogP contribution in [-0.2, 0) is 17.8 Å². The van der Waals surface area contributed by atoms with Crippen molar-refractivity contribution >= 4 is 61.6 Å². The Morgan fingerprint density at radius 1 is 1.20 bits per heavy atom. The SMILES string of the molecule is O=C(Nc1nc2c(s1)CN(C(=O)CSc1nc3ccccc3s1)CC2)c1ccoc1. The highest BCUT2D eigenvalue weighted by atomic mass is 32.2. The van der Waals surface area contributed by atoms with E-state index in [1.54, 1.807) is 17.4 Å². The van der Waals surface area contributed by atoms with Gasteiger partial charge in [-0.15, -0.1) is 11.3 Å². The molecule has 10 heteroatoms. The molecule has 0 saturated heterocycles. The molecule has 0 saturated carbocycles. The minimum Gasteiger partial charge on any atom is -0.472 e. The van der Waals surface area contributed by atoms with Gasteiger partial charge in [0, 0.05) is 17.8 Å². The first-order valence-electron chi connectivity index (χ1n) is 9.24. The number of aromatic nitrogens is 2. The molecule has 7 nitrogen and oxygen atoms in total. The number of anilines is 1. The number of furan rings is 1. The summed E-state index contributed by atoms with van der Waals surface area (Å²) < 4.78 is 6.98. The van der Waals surface area contributed by atoms with Crippen LogP contribution in [0.3, 0.4) is 0 Å². The smallest absolute Gasteiger partial charge is 0.260 e. The number of hydrogen-bond donors (Lipinski definition) is 1. The number of nitrogens with one attached hydrogen (secondary N) is 1. The number of carbonyl (C=O) groups is 2. The van der Waals surface area contributed by atoms with E-state index in [0.717, 1.165) is 25.1 Å². The third kappa shape index (κ3) is 3.98. The molecular formula is C20H16N4O3S3. The Morgan fingerprint density at radius 2 is 2.10 bits per heavy atom. The summed E-state index contributed by atoms with van der Waals surface area (Å²) in [6.07, 6.45) is 3.54. The molecule has 0 radical (unpaired) electrons. The van der Waals surface area contributed by atoms with Crippen LogP contribution in [0.15, 0.2) is 51.6 Å². The molecule has 0 unspecified atom stereocenters. The standard InChI is InChI=1S/C20H16N4O3S3/c25-17(11-28-20-22-13-3-1-2-4-15(13)30-20)24-7-5-14-16(9-24)29-19(21-14)23-18(26)12-6-8-27-10-12/h1-4,6,8,10H,5,7,9,11H2,(H,21,23,26). The van der Waals surface area contributed by atoms with Crippen LogP contribution >= 0.6 is 34.4 Å². The number of amides is 2. The summed E-state index contributed by atoms with van der Waals surface area (Å²) >= 11 is 4.50. The van der Waals surface area contributed by atoms with Gasteiger partial charge < -0.3 is 9.32 Å². The first kappa shape index (κ1) is 19.3. The van der Waals surface area contributed by atoms with E-state index < -0.39 is 0 Å². The number of thioether (sulfide) groups is 1. The highest BCUT2D eigenvalue weighted by Gasteiger charge is 2.25. The molecule has 1 aliphatic rings. The van der Waals surface area contributed by atoms with Crippen molar-refractivity contribution in [2.45, 2.75) is 17.3 Å². The van der Waals surface area contributed by atoms with E-state index in [2.05, 4.69) is 15.3 Å². The van der Waals surface area contributed by atoms with Gasteiger partial charge in [0.2, 0.25) is 5.91 Å². The summed E-state index contributed by atoms with van der Waals surface area (Å²) in [5.41, 5.74) is 2.37. The van der Waals surface area contributed by atoms with E-state index in [9.17, 15) is 9.59 Å². The van der Waals surface area contributed by atoms with Crippen molar-refractivity contribution in [3.8, 4) is 0 Å². The van der Waals surface area contributed by atoms with Crippen molar-refractivity contribution in [1.29, 1.82) is 0 Å². The Morgan fingerprint density at radius 3 is 2.93 bits per heavy atom. The van der Waals surface area contributed by atoms with Crippen molar-refractivity contribution < 1.29 is 14.0 Å². The number of fused-ring (bicyclic) bond motifs is 2. The first-order valence-corrected chi connectivity index (χ1v) is 11.9. The Bertz CT molecular complexity index is 1180. The van der Waals surface area contributed by atoms with Crippen LogP contribution in [0.5, 0.6) is 0 Å². The molecule has 1 aliphatic heterocycles. The molecule has 0 spiro atoms. The molecule has 30 heavy (non-hydrogen) atoms. The lowest BCUT2D eigenvalue weighted by Gasteiger charge is -2.25. The maximum absolute atomic E-state index is 12.7. The maximum Gasteiger partial charge on any atom is 0.260 e. The second-order valence-corrected chi connectivity index (χ2v) is 9.99. The van der Waals surface area contributed by atoms with Gasteiger partial charge in [-0.3, -0.25) is 14.9 Å². The molecule has 0 bridgehead atoms. The predicted octanol–water partition coefficient (Wildman–Crippen LogP) is 4.28. The second kappa shape index (κ2) is 8.21. The average molecular weight is 457 g/mol. The number of nitrogens with zero attached hydrogens (tertiary/aromatic N) is 3. The van der Waals surface area contributed by atoms with E-state index in [1.807, 2.05) is 29.2 Å². The monoisotopic (exact) mass is 456 g/mol. The molecule has 1 N–H and O–H groups in total. The van der Waals surface area contributed by atoms with Gasteiger partial charge in [-0.2, -0.15) is 0 Å². The van der Waals surface area contributed by atoms with Crippen molar-refractivity contribution in [2.24, 2.45) is 0 Å². The zero-order valence-electron chi connectivity index (χ0n) is 15.7. The molecule has 0 fully saturated rings. The van der Waals surface area contributed by atoms with Gasteiger partial charge in [0.1, 0.15) is 6.26 Å². The summed E-state index contributed by atoms with van der Waals surface area (Å²) in [4.78, 5) is 36.8. The first-order chi connectivity index (χ1) is 14.7. The molecule has 3 aromatic heterocycles. The van der Waals surface area contributed by atoms with E-state index in [1.165, 1.54) is 35.6 Å². The van der Waals surface area contributed by atoms with Crippen LogP contribution in [0.4, 0.5) is 5.13 Å². The number of para-hydroxylation sites is 1. The minimum absolute atomic E-state index is 0.0855. The molecule has 4 heterocycles. The molecule has 4 aromatic rings. The number of benzene rings is 1. The second-order valence-electron chi connectivity index (χ2n) is 6.66. The van der Waals surface area contributed by atoms with E-state index in [-0.39, 0.29) is 11.8 Å². The molecular weight excluding hydrogens is 440 g/mol. The van der Waals surface area contributed by atoms with Gasteiger partial charge in [0.25, 0.3) is 5.91 Å². The fourth-order valence-corrected chi connectivity index (χ4v) is 6.14. The van der Waals surface area contributed by atoms with Crippen molar-refractivity contribution in [3.05, 3.63) is 59.0 Å². The number of thiazole rings is 2. The third-order valence-corrected chi connectivity index (χ3v) is 7.84. The Balaban J connectivity index is 1.20. The van der Waals surface area contributed by atoms with Crippen LogP contribution < -0.4 is 5.32 Å². The summed E-state index contributed by atoms with van der Waals surface area (Å²) in [5.74, 6) is 0.190. The molecule has 2 amide bonds. The quantitative estimate of drug-likeness (QED) is 0.451. The van der Waals surface area contributed by atoms with Gasteiger partial charge >= 0.3 is 0 Å². The average Bonchev–Trinajstić information content (AvgIpc) is 3.49. The van der Waals surface area contributed by atoms with E-state index in [0.29, 0.717) is 36.0 Å². The van der Waals surface area contributed by atoms with Crippen LogP contribution in [0.25, 0.3) is 10.2 Å². The lowest BCUT2D eigenvalue weighted by molar-refractivity contribution is -0.129. The van der Waals surface area contributed by atoms with Crippen LogP contribution in [0, 0.1) is 0 Å². The van der Waals surface area contributed by atoms with Crippen LogP contribution in [0.1, 0.15) is 20.9 Å². The van der Waals surface area contributed by atoms with E-state index in [4.69, 9.17) is 4.42 Å². The minimum atomic E-state index is -0.255. The van der Waals surface area contributed by atoms with Gasteiger partial charge in [0.05, 0.1) is 40.0 Å². The summed E-state index contributed by atoms with van der Waals surface area (Å²) in [6, 6.07) is 9.58.